The van der Waals surface area contributed by atoms with Gasteiger partial charge in [-0.25, -0.2) is 4.98 Å². The summed E-state index contributed by atoms with van der Waals surface area (Å²) in [5.74, 6) is 0.0466. The Labute approximate surface area is 134 Å². The average molecular weight is 323 g/mol. The molecule has 0 radical (unpaired) electrons. The number of hydrogen-bond acceptors (Lipinski definition) is 3. The molecule has 1 aromatic heterocycles. The minimum atomic E-state index is -0.199. The van der Waals surface area contributed by atoms with Gasteiger partial charge in [0.15, 0.2) is 0 Å². The second-order valence-electron chi connectivity index (χ2n) is 5.57. The molecular formula is C16H19ClN2OS. The summed E-state index contributed by atoms with van der Waals surface area (Å²) in [5, 5.41) is 6.65. The highest BCUT2D eigenvalue weighted by Gasteiger charge is 2.23. The van der Waals surface area contributed by atoms with Crippen molar-refractivity contribution < 1.29 is 4.79 Å². The van der Waals surface area contributed by atoms with Gasteiger partial charge in [-0.2, -0.15) is 0 Å². The van der Waals surface area contributed by atoms with Crippen molar-refractivity contribution in [2.24, 2.45) is 0 Å². The zero-order valence-corrected chi connectivity index (χ0v) is 13.8. The van der Waals surface area contributed by atoms with Crippen molar-refractivity contribution in [3.8, 4) is 0 Å². The summed E-state index contributed by atoms with van der Waals surface area (Å²) in [7, 11) is 0. The Morgan fingerprint density at radius 1 is 1.38 bits per heavy atom. The Balaban J connectivity index is 1.86. The van der Waals surface area contributed by atoms with E-state index in [0.717, 1.165) is 15.6 Å². The lowest BCUT2D eigenvalue weighted by Gasteiger charge is -2.26. The average Bonchev–Trinajstić information content (AvgIpc) is 2.96. The van der Waals surface area contributed by atoms with E-state index < -0.39 is 0 Å². The Hall–Kier alpha value is -1.39. The standard InChI is InChI=1S/C16H19ClN2OS/c1-16(2,12-5-3-4-6-13(12)17)11-19-14(20)7-8-15-18-9-10-21-15/h3-6,9-10H,7-8,11H2,1-2H3,(H,19,20). The van der Waals surface area contributed by atoms with Crippen LogP contribution in [0, 0.1) is 0 Å². The molecule has 0 atom stereocenters. The number of nitrogens with one attached hydrogen (secondary N) is 1. The van der Waals surface area contributed by atoms with Crippen LogP contribution in [0.3, 0.4) is 0 Å². The number of thiazole rings is 1. The fourth-order valence-corrected chi connectivity index (χ4v) is 3.12. The second-order valence-corrected chi connectivity index (χ2v) is 6.95. The van der Waals surface area contributed by atoms with E-state index >= 15 is 0 Å². The number of halogens is 1. The maximum absolute atomic E-state index is 11.9. The van der Waals surface area contributed by atoms with Gasteiger partial charge in [0.1, 0.15) is 0 Å². The number of amides is 1. The smallest absolute Gasteiger partial charge is 0.220 e. The predicted molar refractivity (Wildman–Crippen MR) is 87.9 cm³/mol. The molecule has 0 aliphatic heterocycles. The topological polar surface area (TPSA) is 42.0 Å². The predicted octanol–water partition coefficient (Wildman–Crippen LogP) is 3.82. The van der Waals surface area contributed by atoms with Gasteiger partial charge < -0.3 is 5.32 Å². The van der Waals surface area contributed by atoms with Crippen molar-refractivity contribution in [2.45, 2.75) is 32.1 Å². The maximum atomic E-state index is 11.9. The quantitative estimate of drug-likeness (QED) is 0.878. The first-order valence-electron chi connectivity index (χ1n) is 6.89. The highest BCUT2D eigenvalue weighted by atomic mass is 35.5. The van der Waals surface area contributed by atoms with Crippen LogP contribution in [0.4, 0.5) is 0 Å². The van der Waals surface area contributed by atoms with Crippen molar-refractivity contribution >= 4 is 28.8 Å². The van der Waals surface area contributed by atoms with Crippen LogP contribution in [0.15, 0.2) is 35.8 Å². The van der Waals surface area contributed by atoms with E-state index in [-0.39, 0.29) is 11.3 Å². The van der Waals surface area contributed by atoms with Gasteiger partial charge in [-0.3, -0.25) is 4.79 Å². The van der Waals surface area contributed by atoms with E-state index in [9.17, 15) is 4.79 Å². The van der Waals surface area contributed by atoms with E-state index in [1.54, 1.807) is 17.5 Å². The lowest BCUT2D eigenvalue weighted by atomic mass is 9.84. The van der Waals surface area contributed by atoms with Crippen molar-refractivity contribution in [3.63, 3.8) is 0 Å². The highest BCUT2D eigenvalue weighted by molar-refractivity contribution is 7.09. The van der Waals surface area contributed by atoms with Gasteiger partial charge in [-0.05, 0) is 11.6 Å². The summed E-state index contributed by atoms with van der Waals surface area (Å²) >= 11 is 7.81. The highest BCUT2D eigenvalue weighted by Crippen LogP contribution is 2.29. The summed E-state index contributed by atoms with van der Waals surface area (Å²) in [4.78, 5) is 16.1. The molecule has 5 heteroatoms. The Kier molecular flexibility index (Phi) is 5.37. The van der Waals surface area contributed by atoms with Crippen LogP contribution in [0.25, 0.3) is 0 Å². The first-order valence-corrected chi connectivity index (χ1v) is 8.15. The van der Waals surface area contributed by atoms with Crippen LogP contribution in [0.1, 0.15) is 30.8 Å². The molecule has 0 aliphatic rings. The van der Waals surface area contributed by atoms with Crippen molar-refractivity contribution in [2.75, 3.05) is 6.54 Å². The lowest BCUT2D eigenvalue weighted by Crippen LogP contribution is -2.37. The molecule has 0 bridgehead atoms. The molecule has 0 saturated carbocycles. The largest absolute Gasteiger partial charge is 0.355 e. The van der Waals surface area contributed by atoms with Gasteiger partial charge in [0.05, 0.1) is 5.01 Å². The number of carbonyl (C=O) groups is 1. The summed E-state index contributed by atoms with van der Waals surface area (Å²) in [6.45, 7) is 4.72. The second kappa shape index (κ2) is 7.05. The van der Waals surface area contributed by atoms with Gasteiger partial charge in [0, 0.05) is 41.4 Å². The molecule has 2 aromatic rings. The van der Waals surface area contributed by atoms with Crippen molar-refractivity contribution in [1.29, 1.82) is 0 Å². The molecule has 0 fully saturated rings. The number of aromatic nitrogens is 1. The van der Waals surface area contributed by atoms with Crippen LogP contribution in [0.5, 0.6) is 0 Å². The molecule has 1 N–H and O–H groups in total. The zero-order valence-electron chi connectivity index (χ0n) is 12.2. The third-order valence-electron chi connectivity index (χ3n) is 3.38. The minimum absolute atomic E-state index is 0.0466. The van der Waals surface area contributed by atoms with E-state index in [1.807, 2.05) is 29.6 Å². The third-order valence-corrected chi connectivity index (χ3v) is 4.55. The maximum Gasteiger partial charge on any atom is 0.220 e. The number of aryl methyl sites for hydroxylation is 1. The van der Waals surface area contributed by atoms with Crippen molar-refractivity contribution in [1.82, 2.24) is 10.3 Å². The number of nitrogens with zero attached hydrogens (tertiary/aromatic N) is 1. The van der Waals surface area contributed by atoms with Crippen LogP contribution in [-0.2, 0) is 16.6 Å². The van der Waals surface area contributed by atoms with Crippen molar-refractivity contribution in [3.05, 3.63) is 51.4 Å². The van der Waals surface area contributed by atoms with Gasteiger partial charge in [0.2, 0.25) is 5.91 Å². The molecule has 2 rings (SSSR count). The fourth-order valence-electron chi connectivity index (χ4n) is 2.11. The Morgan fingerprint density at radius 2 is 2.14 bits per heavy atom. The molecule has 0 spiro atoms. The SMILES string of the molecule is CC(C)(CNC(=O)CCc1nccs1)c1ccccc1Cl. The molecule has 112 valence electrons. The van der Waals surface area contributed by atoms with E-state index in [4.69, 9.17) is 11.6 Å². The number of benzene rings is 1. The summed E-state index contributed by atoms with van der Waals surface area (Å²) in [6, 6.07) is 7.76. The molecule has 0 saturated heterocycles. The Bertz CT molecular complexity index is 596. The van der Waals surface area contributed by atoms with Crippen LogP contribution >= 0.6 is 22.9 Å². The number of rotatable bonds is 6. The summed E-state index contributed by atoms with van der Waals surface area (Å²) < 4.78 is 0. The van der Waals surface area contributed by atoms with Gasteiger partial charge in [-0.15, -0.1) is 11.3 Å². The van der Waals surface area contributed by atoms with E-state index in [2.05, 4.69) is 24.1 Å². The summed E-state index contributed by atoms with van der Waals surface area (Å²) in [6.07, 6.45) is 2.92. The molecular weight excluding hydrogens is 304 g/mol. The molecule has 3 nitrogen and oxygen atoms in total. The van der Waals surface area contributed by atoms with Gasteiger partial charge >= 0.3 is 0 Å². The molecule has 1 amide bonds. The van der Waals surface area contributed by atoms with Crippen LogP contribution in [-0.4, -0.2) is 17.4 Å². The van der Waals surface area contributed by atoms with Crippen LogP contribution < -0.4 is 5.32 Å². The van der Waals surface area contributed by atoms with Crippen LogP contribution in [0.2, 0.25) is 5.02 Å². The molecule has 21 heavy (non-hydrogen) atoms. The zero-order chi connectivity index (χ0) is 15.3. The van der Waals surface area contributed by atoms with E-state index in [0.29, 0.717) is 19.4 Å². The van der Waals surface area contributed by atoms with Gasteiger partial charge in [-0.1, -0.05) is 43.6 Å². The van der Waals surface area contributed by atoms with Gasteiger partial charge in [0.25, 0.3) is 0 Å². The molecule has 0 unspecified atom stereocenters. The number of carbonyl (C=O) groups excluding carboxylic acids is 1. The first-order chi connectivity index (χ1) is 9.99. The number of hydrogen-bond donors (Lipinski definition) is 1. The molecule has 1 aromatic carbocycles. The molecule has 1 heterocycles. The monoisotopic (exact) mass is 322 g/mol. The first kappa shape index (κ1) is 16.0. The third kappa shape index (κ3) is 4.55. The normalized spacial score (nSPS) is 11.4. The Morgan fingerprint density at radius 3 is 2.81 bits per heavy atom. The fraction of sp³-hybridized carbons (Fsp3) is 0.375. The summed E-state index contributed by atoms with van der Waals surface area (Å²) in [5.41, 5.74) is 0.849. The minimum Gasteiger partial charge on any atom is -0.355 e. The molecule has 0 aliphatic carbocycles. The lowest BCUT2D eigenvalue weighted by molar-refractivity contribution is -0.121. The van der Waals surface area contributed by atoms with E-state index in [1.165, 1.54) is 0 Å².